The summed E-state index contributed by atoms with van der Waals surface area (Å²) in [4.78, 5) is 20.4. The predicted molar refractivity (Wildman–Crippen MR) is 122 cm³/mol. The molecule has 0 saturated carbocycles. The van der Waals surface area contributed by atoms with Gasteiger partial charge in [0.1, 0.15) is 5.75 Å². The molecule has 0 fully saturated rings. The Balaban J connectivity index is 1.33. The van der Waals surface area contributed by atoms with E-state index in [0.717, 1.165) is 31.7 Å². The molecule has 3 aromatic rings. The van der Waals surface area contributed by atoms with E-state index in [2.05, 4.69) is 39.5 Å². The molecule has 0 bridgehead atoms. The fraction of sp³-hybridized carbons (Fsp3) is 0.238. The van der Waals surface area contributed by atoms with Gasteiger partial charge in [-0.15, -0.1) is 11.3 Å². The van der Waals surface area contributed by atoms with Crippen molar-refractivity contribution in [2.24, 2.45) is 0 Å². The number of carbonyl (C=O) groups is 1. The maximum atomic E-state index is 12.3. The molecule has 0 unspecified atom stereocenters. The first-order valence-corrected chi connectivity index (χ1v) is 11.2. The number of nitrogens with zero attached hydrogens (tertiary/aromatic N) is 2. The summed E-state index contributed by atoms with van der Waals surface area (Å²) in [5.74, 6) is -0.0134. The van der Waals surface area contributed by atoms with Crippen LogP contribution in [0.5, 0.6) is 5.75 Å². The quantitative estimate of drug-likeness (QED) is 0.459. The molecule has 9 heteroatoms. The Morgan fingerprint density at radius 3 is 2.70 bits per heavy atom. The van der Waals surface area contributed by atoms with Crippen molar-refractivity contribution in [1.82, 2.24) is 9.88 Å². The summed E-state index contributed by atoms with van der Waals surface area (Å²) in [6.45, 7) is 2.46. The molecule has 1 N–H and O–H groups in total. The average Bonchev–Trinajstić information content (AvgIpc) is 3.12. The van der Waals surface area contributed by atoms with Crippen LogP contribution >= 0.6 is 46.1 Å². The average molecular weight is 483 g/mol. The number of hydrogen-bond acceptors (Lipinski definition) is 5. The number of anilines is 1. The van der Waals surface area contributed by atoms with Crippen molar-refractivity contribution in [3.05, 3.63) is 73.7 Å². The maximum Gasteiger partial charge on any atom is 0.264 e. The highest BCUT2D eigenvalue weighted by molar-refractivity contribution is 7.15. The summed E-state index contributed by atoms with van der Waals surface area (Å²) >= 11 is 19.4. The fourth-order valence-electron chi connectivity index (χ4n) is 3.19. The molecule has 0 saturated heterocycles. The molecule has 156 valence electrons. The molecule has 1 aliphatic heterocycles. The molecule has 5 nitrogen and oxygen atoms in total. The fourth-order valence-corrected chi connectivity index (χ4v) is 4.85. The van der Waals surface area contributed by atoms with Crippen molar-refractivity contribution in [1.29, 1.82) is 0 Å². The highest BCUT2D eigenvalue weighted by atomic mass is 35.5. The second-order valence-corrected chi connectivity index (χ2v) is 9.17. The number of amides is 1. The topological polar surface area (TPSA) is 54.5 Å². The Bertz CT molecular complexity index is 1060. The van der Waals surface area contributed by atoms with Gasteiger partial charge < -0.3 is 4.74 Å². The lowest BCUT2D eigenvalue weighted by Gasteiger charge is -2.25. The Kier molecular flexibility index (Phi) is 6.80. The Morgan fingerprint density at radius 2 is 1.90 bits per heavy atom. The monoisotopic (exact) mass is 481 g/mol. The molecule has 4 rings (SSSR count). The third-order valence-electron chi connectivity index (χ3n) is 4.64. The SMILES string of the molecule is O=C(COc1cc(Cl)c(Cl)cc1Cl)Nc1nc2c(s1)CN(Cc1ccccc1)CC2. The number of fused-ring (bicyclic) bond motifs is 1. The largest absolute Gasteiger partial charge is 0.482 e. The lowest BCUT2D eigenvalue weighted by molar-refractivity contribution is -0.118. The number of carbonyl (C=O) groups excluding carboxylic acids is 1. The minimum Gasteiger partial charge on any atom is -0.482 e. The number of nitrogens with one attached hydrogen (secondary N) is 1. The molecule has 0 spiro atoms. The summed E-state index contributed by atoms with van der Waals surface area (Å²) in [5, 5.41) is 4.31. The van der Waals surface area contributed by atoms with Crippen LogP contribution in [-0.2, 0) is 24.3 Å². The lowest BCUT2D eigenvalue weighted by Crippen LogP contribution is -2.29. The van der Waals surface area contributed by atoms with Crippen LogP contribution in [0.4, 0.5) is 5.13 Å². The summed E-state index contributed by atoms with van der Waals surface area (Å²) in [6, 6.07) is 13.4. The van der Waals surface area contributed by atoms with E-state index < -0.39 is 0 Å². The predicted octanol–water partition coefficient (Wildman–Crippen LogP) is 5.68. The number of halogens is 3. The third-order valence-corrected chi connectivity index (χ3v) is 6.65. The standard InChI is InChI=1S/C21H18Cl3N3O2S/c22-14-8-16(24)18(9-15(14)23)29-12-20(28)26-21-25-17-6-7-27(11-19(17)30-21)10-13-4-2-1-3-5-13/h1-5,8-9H,6-7,10-12H2,(H,25,26,28). The highest BCUT2D eigenvalue weighted by Crippen LogP contribution is 2.34. The van der Waals surface area contributed by atoms with Crippen LogP contribution in [0.3, 0.4) is 0 Å². The first-order chi connectivity index (χ1) is 14.5. The van der Waals surface area contributed by atoms with Crippen LogP contribution in [0.2, 0.25) is 15.1 Å². The van der Waals surface area contributed by atoms with Crippen molar-refractivity contribution in [2.45, 2.75) is 19.5 Å². The van der Waals surface area contributed by atoms with E-state index in [4.69, 9.17) is 39.5 Å². The molecule has 1 aliphatic rings. The molecule has 0 atom stereocenters. The Morgan fingerprint density at radius 1 is 1.13 bits per heavy atom. The van der Waals surface area contributed by atoms with Gasteiger partial charge in [-0.2, -0.15) is 0 Å². The van der Waals surface area contributed by atoms with E-state index in [1.807, 2.05) is 6.07 Å². The zero-order valence-electron chi connectivity index (χ0n) is 15.8. The minimum absolute atomic E-state index is 0.206. The second-order valence-electron chi connectivity index (χ2n) is 6.87. The van der Waals surface area contributed by atoms with Crippen LogP contribution in [0, 0.1) is 0 Å². The summed E-state index contributed by atoms with van der Waals surface area (Å²) in [6.07, 6.45) is 0.865. The maximum absolute atomic E-state index is 12.3. The van der Waals surface area contributed by atoms with Gasteiger partial charge in [0, 0.05) is 37.0 Å². The highest BCUT2D eigenvalue weighted by Gasteiger charge is 2.21. The van der Waals surface area contributed by atoms with Gasteiger partial charge in [0.15, 0.2) is 11.7 Å². The van der Waals surface area contributed by atoms with Crippen LogP contribution in [0.1, 0.15) is 16.1 Å². The first kappa shape index (κ1) is 21.4. The molecule has 2 aromatic carbocycles. The first-order valence-electron chi connectivity index (χ1n) is 9.30. The second kappa shape index (κ2) is 9.54. The number of benzene rings is 2. The van der Waals surface area contributed by atoms with E-state index >= 15 is 0 Å². The van der Waals surface area contributed by atoms with Gasteiger partial charge in [0.2, 0.25) is 0 Å². The molecule has 0 aliphatic carbocycles. The van der Waals surface area contributed by atoms with E-state index in [0.29, 0.717) is 25.9 Å². The molecular weight excluding hydrogens is 465 g/mol. The number of rotatable bonds is 6. The molecule has 0 radical (unpaired) electrons. The van der Waals surface area contributed by atoms with Crippen LogP contribution in [0.25, 0.3) is 0 Å². The van der Waals surface area contributed by atoms with Gasteiger partial charge >= 0.3 is 0 Å². The Hall–Kier alpha value is -1.83. The van der Waals surface area contributed by atoms with Crippen LogP contribution in [-0.4, -0.2) is 28.9 Å². The number of ether oxygens (including phenoxy) is 1. The molecule has 1 amide bonds. The normalized spacial score (nSPS) is 13.7. The molecule has 2 heterocycles. The summed E-state index contributed by atoms with van der Waals surface area (Å²) < 4.78 is 5.47. The van der Waals surface area contributed by atoms with E-state index in [-0.39, 0.29) is 12.5 Å². The summed E-state index contributed by atoms with van der Waals surface area (Å²) in [5.41, 5.74) is 2.34. The molecule has 30 heavy (non-hydrogen) atoms. The van der Waals surface area contributed by atoms with Gasteiger partial charge in [-0.05, 0) is 11.6 Å². The molecular formula is C21H18Cl3N3O2S. The van der Waals surface area contributed by atoms with E-state index in [1.165, 1.54) is 33.9 Å². The lowest BCUT2D eigenvalue weighted by atomic mass is 10.1. The van der Waals surface area contributed by atoms with E-state index in [9.17, 15) is 4.79 Å². The third kappa shape index (κ3) is 5.25. The smallest absolute Gasteiger partial charge is 0.264 e. The number of hydrogen-bond donors (Lipinski definition) is 1. The van der Waals surface area contributed by atoms with Crippen LogP contribution in [0.15, 0.2) is 42.5 Å². The van der Waals surface area contributed by atoms with Gasteiger partial charge in [-0.25, -0.2) is 4.98 Å². The van der Waals surface area contributed by atoms with Gasteiger partial charge in [0.05, 0.1) is 20.8 Å². The van der Waals surface area contributed by atoms with Crippen LogP contribution < -0.4 is 10.1 Å². The Labute approximate surface area is 193 Å². The van der Waals surface area contributed by atoms with E-state index in [1.54, 1.807) is 0 Å². The number of thiazole rings is 1. The van der Waals surface area contributed by atoms with Crippen molar-refractivity contribution in [3.8, 4) is 5.75 Å². The van der Waals surface area contributed by atoms with Crippen molar-refractivity contribution < 1.29 is 9.53 Å². The molecule has 1 aromatic heterocycles. The number of aromatic nitrogens is 1. The van der Waals surface area contributed by atoms with Gasteiger partial charge in [-0.3, -0.25) is 15.0 Å². The zero-order valence-corrected chi connectivity index (χ0v) is 18.9. The van der Waals surface area contributed by atoms with Crippen molar-refractivity contribution >= 4 is 57.2 Å². The van der Waals surface area contributed by atoms with Crippen molar-refractivity contribution in [2.75, 3.05) is 18.5 Å². The minimum atomic E-state index is -0.315. The van der Waals surface area contributed by atoms with Crippen molar-refractivity contribution in [3.63, 3.8) is 0 Å². The van der Waals surface area contributed by atoms with Gasteiger partial charge in [0.25, 0.3) is 5.91 Å². The zero-order chi connectivity index (χ0) is 21.1. The summed E-state index contributed by atoms with van der Waals surface area (Å²) in [7, 11) is 0. The van der Waals surface area contributed by atoms with Gasteiger partial charge in [-0.1, -0.05) is 65.1 Å².